The van der Waals surface area contributed by atoms with Crippen LogP contribution in [0.5, 0.6) is 0 Å². The van der Waals surface area contributed by atoms with Gasteiger partial charge in [-0.2, -0.15) is 0 Å². The fourth-order valence-electron chi connectivity index (χ4n) is 2.77. The Labute approximate surface area is 73.9 Å². The third kappa shape index (κ3) is 1.18. The summed E-state index contributed by atoms with van der Waals surface area (Å²) in [6.45, 7) is 4.60. The first kappa shape index (κ1) is 8.24. The SMILES string of the molecule is CC1CC2(C=O)CCCN1CC2. The van der Waals surface area contributed by atoms with Gasteiger partial charge in [0.05, 0.1) is 0 Å². The minimum absolute atomic E-state index is 0.0619. The summed E-state index contributed by atoms with van der Waals surface area (Å²) in [7, 11) is 0. The molecule has 0 aliphatic carbocycles. The van der Waals surface area contributed by atoms with Gasteiger partial charge in [-0.05, 0) is 45.7 Å². The molecule has 0 radical (unpaired) electrons. The van der Waals surface area contributed by atoms with Crippen molar-refractivity contribution in [3.05, 3.63) is 0 Å². The smallest absolute Gasteiger partial charge is 0.126 e. The van der Waals surface area contributed by atoms with Crippen LogP contribution in [0.25, 0.3) is 0 Å². The monoisotopic (exact) mass is 167 g/mol. The van der Waals surface area contributed by atoms with Gasteiger partial charge in [-0.25, -0.2) is 0 Å². The van der Waals surface area contributed by atoms with Crippen molar-refractivity contribution in [3.8, 4) is 0 Å². The zero-order chi connectivity index (χ0) is 8.60. The number of hydrogen-bond donors (Lipinski definition) is 0. The molecule has 0 aromatic heterocycles. The highest BCUT2D eigenvalue weighted by atomic mass is 16.1. The van der Waals surface area contributed by atoms with Crippen molar-refractivity contribution in [3.63, 3.8) is 0 Å². The largest absolute Gasteiger partial charge is 0.303 e. The van der Waals surface area contributed by atoms with E-state index in [1.807, 2.05) is 0 Å². The van der Waals surface area contributed by atoms with Crippen LogP contribution in [0.1, 0.15) is 32.6 Å². The van der Waals surface area contributed by atoms with Crippen LogP contribution in [0.3, 0.4) is 0 Å². The van der Waals surface area contributed by atoms with Crippen LogP contribution in [0.15, 0.2) is 0 Å². The molecule has 3 fully saturated rings. The van der Waals surface area contributed by atoms with E-state index in [2.05, 4.69) is 11.8 Å². The molecule has 3 unspecified atom stereocenters. The Morgan fingerprint density at radius 3 is 2.92 bits per heavy atom. The molecule has 3 aliphatic rings. The van der Waals surface area contributed by atoms with E-state index in [1.165, 1.54) is 19.3 Å². The number of hydrogen-bond acceptors (Lipinski definition) is 2. The number of nitrogens with zero attached hydrogens (tertiary/aromatic N) is 1. The highest BCUT2D eigenvalue weighted by molar-refractivity contribution is 5.60. The average molecular weight is 167 g/mol. The zero-order valence-corrected chi connectivity index (χ0v) is 7.75. The Hall–Kier alpha value is -0.370. The van der Waals surface area contributed by atoms with Crippen molar-refractivity contribution in [2.75, 3.05) is 13.1 Å². The van der Waals surface area contributed by atoms with Crippen LogP contribution >= 0.6 is 0 Å². The molecule has 0 amide bonds. The second-order valence-electron chi connectivity index (χ2n) is 4.42. The summed E-state index contributed by atoms with van der Waals surface area (Å²) >= 11 is 0. The molecule has 3 rings (SSSR count). The molecule has 0 saturated carbocycles. The number of carbonyl (C=O) groups is 1. The summed E-state index contributed by atoms with van der Waals surface area (Å²) in [5, 5.41) is 0. The van der Waals surface area contributed by atoms with Gasteiger partial charge in [-0.3, -0.25) is 0 Å². The Morgan fingerprint density at radius 2 is 2.25 bits per heavy atom. The quantitative estimate of drug-likeness (QED) is 0.551. The highest BCUT2D eigenvalue weighted by Gasteiger charge is 2.40. The van der Waals surface area contributed by atoms with Crippen molar-refractivity contribution in [1.82, 2.24) is 4.90 Å². The molecule has 3 aliphatic heterocycles. The van der Waals surface area contributed by atoms with Crippen molar-refractivity contribution >= 4 is 6.29 Å². The van der Waals surface area contributed by atoms with Gasteiger partial charge >= 0.3 is 0 Å². The van der Waals surface area contributed by atoms with Crippen LogP contribution in [-0.4, -0.2) is 30.3 Å². The predicted molar refractivity (Wildman–Crippen MR) is 48.0 cm³/mol. The first-order valence-electron chi connectivity index (χ1n) is 4.96. The van der Waals surface area contributed by atoms with Crippen LogP contribution in [0.2, 0.25) is 0 Å². The van der Waals surface area contributed by atoms with Crippen LogP contribution in [0.4, 0.5) is 0 Å². The van der Waals surface area contributed by atoms with Crippen LogP contribution in [-0.2, 0) is 4.79 Å². The van der Waals surface area contributed by atoms with Gasteiger partial charge in [0.2, 0.25) is 0 Å². The summed E-state index contributed by atoms with van der Waals surface area (Å²) in [6.07, 6.45) is 5.75. The molecule has 2 bridgehead atoms. The van der Waals surface area contributed by atoms with E-state index in [9.17, 15) is 4.79 Å². The predicted octanol–water partition coefficient (Wildman–Crippen LogP) is 1.45. The Morgan fingerprint density at radius 1 is 1.42 bits per heavy atom. The third-order valence-corrected chi connectivity index (χ3v) is 3.59. The van der Waals surface area contributed by atoms with E-state index in [0.29, 0.717) is 6.04 Å². The van der Waals surface area contributed by atoms with Gasteiger partial charge in [0.15, 0.2) is 0 Å². The molecule has 0 aromatic rings. The summed E-state index contributed by atoms with van der Waals surface area (Å²) in [6, 6.07) is 0.631. The number of carbonyl (C=O) groups excluding carboxylic acids is 1. The molecule has 2 nitrogen and oxygen atoms in total. The summed E-state index contributed by atoms with van der Waals surface area (Å²) < 4.78 is 0. The lowest BCUT2D eigenvalue weighted by Crippen LogP contribution is -2.43. The second-order valence-corrected chi connectivity index (χ2v) is 4.42. The molecule has 3 atom stereocenters. The topological polar surface area (TPSA) is 20.3 Å². The zero-order valence-electron chi connectivity index (χ0n) is 7.75. The van der Waals surface area contributed by atoms with Crippen molar-refractivity contribution in [1.29, 1.82) is 0 Å². The van der Waals surface area contributed by atoms with Crippen LogP contribution in [0, 0.1) is 5.41 Å². The number of fused-ring (bicyclic) bond motifs is 4. The lowest BCUT2D eigenvalue weighted by Gasteiger charge is -2.38. The van der Waals surface area contributed by atoms with Crippen molar-refractivity contribution < 1.29 is 4.79 Å². The summed E-state index contributed by atoms with van der Waals surface area (Å²) in [4.78, 5) is 13.5. The maximum atomic E-state index is 11.0. The molecular weight excluding hydrogens is 150 g/mol. The average Bonchev–Trinajstić information content (AvgIpc) is 2.36. The molecule has 2 heteroatoms. The van der Waals surface area contributed by atoms with Crippen molar-refractivity contribution in [2.24, 2.45) is 5.41 Å². The fraction of sp³-hybridized carbons (Fsp3) is 0.900. The maximum Gasteiger partial charge on any atom is 0.126 e. The Kier molecular flexibility index (Phi) is 1.95. The molecule has 3 saturated heterocycles. The third-order valence-electron chi connectivity index (χ3n) is 3.59. The van der Waals surface area contributed by atoms with Gasteiger partial charge in [0.25, 0.3) is 0 Å². The second kappa shape index (κ2) is 2.84. The number of aldehydes is 1. The number of rotatable bonds is 1. The minimum atomic E-state index is 0.0619. The maximum absolute atomic E-state index is 11.0. The molecule has 0 spiro atoms. The van der Waals surface area contributed by atoms with Gasteiger partial charge in [0, 0.05) is 11.5 Å². The summed E-state index contributed by atoms with van der Waals surface area (Å²) in [5.41, 5.74) is 0.0619. The van der Waals surface area contributed by atoms with Crippen molar-refractivity contribution in [2.45, 2.75) is 38.6 Å². The van der Waals surface area contributed by atoms with E-state index in [-0.39, 0.29) is 5.41 Å². The van der Waals surface area contributed by atoms with Crippen LogP contribution < -0.4 is 0 Å². The standard InChI is InChI=1S/C10H17NO/c1-9-7-10(8-12)3-2-5-11(9)6-4-10/h8-9H,2-7H2,1H3. The summed E-state index contributed by atoms with van der Waals surface area (Å²) in [5.74, 6) is 0. The van der Waals surface area contributed by atoms with E-state index in [0.717, 1.165) is 25.8 Å². The van der Waals surface area contributed by atoms with E-state index in [4.69, 9.17) is 0 Å². The first-order valence-corrected chi connectivity index (χ1v) is 4.96. The van der Waals surface area contributed by atoms with E-state index < -0.39 is 0 Å². The van der Waals surface area contributed by atoms with Gasteiger partial charge in [-0.1, -0.05) is 0 Å². The Balaban J connectivity index is 2.21. The molecule has 0 aromatic carbocycles. The molecule has 0 N–H and O–H groups in total. The molecular formula is C10H17NO. The van der Waals surface area contributed by atoms with Gasteiger partial charge in [-0.15, -0.1) is 0 Å². The molecule has 12 heavy (non-hydrogen) atoms. The normalized spacial score (nSPS) is 47.1. The minimum Gasteiger partial charge on any atom is -0.303 e. The van der Waals surface area contributed by atoms with Gasteiger partial charge < -0.3 is 9.69 Å². The first-order chi connectivity index (χ1) is 5.76. The number of piperidine rings is 1. The highest BCUT2D eigenvalue weighted by Crippen LogP contribution is 2.40. The Bertz CT molecular complexity index is 188. The fourth-order valence-corrected chi connectivity index (χ4v) is 2.77. The van der Waals surface area contributed by atoms with E-state index in [1.54, 1.807) is 0 Å². The lowest BCUT2D eigenvalue weighted by atomic mass is 9.75. The molecule has 68 valence electrons. The molecule has 3 heterocycles. The lowest BCUT2D eigenvalue weighted by molar-refractivity contribution is -0.119. The van der Waals surface area contributed by atoms with Gasteiger partial charge in [0.1, 0.15) is 6.29 Å². The van der Waals surface area contributed by atoms with E-state index >= 15 is 0 Å².